The molecular formula is C17H18ClN3O2. The summed E-state index contributed by atoms with van der Waals surface area (Å²) in [5.41, 5.74) is 1.54. The van der Waals surface area contributed by atoms with E-state index in [0.29, 0.717) is 43.2 Å². The third-order valence-electron chi connectivity index (χ3n) is 4.01. The number of nitrogens with one attached hydrogen (secondary N) is 1. The van der Waals surface area contributed by atoms with Gasteiger partial charge in [0.2, 0.25) is 5.91 Å². The van der Waals surface area contributed by atoms with Gasteiger partial charge in [0.15, 0.2) is 0 Å². The van der Waals surface area contributed by atoms with Gasteiger partial charge in [-0.1, -0.05) is 11.6 Å². The van der Waals surface area contributed by atoms with E-state index in [1.165, 1.54) is 0 Å². The van der Waals surface area contributed by atoms with E-state index in [0.717, 1.165) is 5.69 Å². The highest BCUT2D eigenvalue weighted by atomic mass is 35.5. The summed E-state index contributed by atoms with van der Waals surface area (Å²) in [6.07, 6.45) is 2.18. The average molecular weight is 332 g/mol. The van der Waals surface area contributed by atoms with Crippen LogP contribution < -0.4 is 0 Å². The maximum absolute atomic E-state index is 12.4. The first kappa shape index (κ1) is 15.6. The van der Waals surface area contributed by atoms with Crippen LogP contribution in [0.4, 0.5) is 0 Å². The van der Waals surface area contributed by atoms with Crippen LogP contribution in [0.2, 0.25) is 5.02 Å². The molecule has 5 nitrogen and oxygen atoms in total. The summed E-state index contributed by atoms with van der Waals surface area (Å²) >= 11 is 5.84. The SMILES string of the molecule is O=C(Cc1ccc[nH]1)N1CCN(C(=O)c2ccc(Cl)cc2)CC1. The van der Waals surface area contributed by atoms with Gasteiger partial charge in [0, 0.05) is 48.7 Å². The minimum absolute atomic E-state index is 0.0156. The number of piperazine rings is 1. The van der Waals surface area contributed by atoms with Crippen molar-refractivity contribution in [3.05, 3.63) is 58.9 Å². The molecule has 2 aromatic rings. The zero-order valence-electron chi connectivity index (χ0n) is 12.7. The van der Waals surface area contributed by atoms with E-state index in [4.69, 9.17) is 11.6 Å². The Hall–Kier alpha value is -2.27. The van der Waals surface area contributed by atoms with Crippen molar-refractivity contribution in [1.29, 1.82) is 0 Å². The van der Waals surface area contributed by atoms with Gasteiger partial charge >= 0.3 is 0 Å². The molecule has 0 spiro atoms. The lowest BCUT2D eigenvalue weighted by atomic mass is 10.1. The lowest BCUT2D eigenvalue weighted by molar-refractivity contribution is -0.132. The molecule has 0 unspecified atom stereocenters. The van der Waals surface area contributed by atoms with Gasteiger partial charge in [0.1, 0.15) is 0 Å². The van der Waals surface area contributed by atoms with Gasteiger partial charge in [0.05, 0.1) is 6.42 Å². The van der Waals surface area contributed by atoms with E-state index in [-0.39, 0.29) is 11.8 Å². The third kappa shape index (κ3) is 3.74. The van der Waals surface area contributed by atoms with E-state index in [9.17, 15) is 9.59 Å². The summed E-state index contributed by atoms with van der Waals surface area (Å²) in [6.45, 7) is 2.24. The Morgan fingerprint density at radius 2 is 1.65 bits per heavy atom. The van der Waals surface area contributed by atoms with Crippen LogP contribution in [0.5, 0.6) is 0 Å². The maximum Gasteiger partial charge on any atom is 0.253 e. The highest BCUT2D eigenvalue weighted by Crippen LogP contribution is 2.13. The third-order valence-corrected chi connectivity index (χ3v) is 4.27. The summed E-state index contributed by atoms with van der Waals surface area (Å²) in [5.74, 6) is 0.0733. The molecule has 0 radical (unpaired) electrons. The fourth-order valence-electron chi connectivity index (χ4n) is 2.69. The fourth-order valence-corrected chi connectivity index (χ4v) is 2.81. The number of halogens is 1. The predicted octanol–water partition coefficient (Wildman–Crippen LogP) is 2.20. The quantitative estimate of drug-likeness (QED) is 0.937. The molecule has 2 amide bonds. The first-order valence-corrected chi connectivity index (χ1v) is 7.96. The maximum atomic E-state index is 12.4. The Morgan fingerprint density at radius 3 is 2.26 bits per heavy atom. The molecule has 1 aromatic heterocycles. The number of H-pyrrole nitrogens is 1. The molecule has 1 aromatic carbocycles. The number of benzene rings is 1. The lowest BCUT2D eigenvalue weighted by Crippen LogP contribution is -2.51. The van der Waals surface area contributed by atoms with Gasteiger partial charge in [-0.15, -0.1) is 0 Å². The molecule has 1 saturated heterocycles. The van der Waals surface area contributed by atoms with Crippen LogP contribution in [0.25, 0.3) is 0 Å². The second kappa shape index (κ2) is 6.87. The van der Waals surface area contributed by atoms with E-state index in [1.54, 1.807) is 29.2 Å². The van der Waals surface area contributed by atoms with Crippen LogP contribution in [0.1, 0.15) is 16.1 Å². The summed E-state index contributed by atoms with van der Waals surface area (Å²) in [6, 6.07) is 10.7. The Bertz CT molecular complexity index is 674. The van der Waals surface area contributed by atoms with Gasteiger partial charge in [-0.25, -0.2) is 0 Å². The lowest BCUT2D eigenvalue weighted by Gasteiger charge is -2.34. The van der Waals surface area contributed by atoms with Crippen molar-refractivity contribution in [2.24, 2.45) is 0 Å². The van der Waals surface area contributed by atoms with E-state index in [2.05, 4.69) is 4.98 Å². The molecule has 1 fully saturated rings. The minimum atomic E-state index is -0.0156. The molecule has 0 aliphatic carbocycles. The number of aromatic nitrogens is 1. The second-order valence-electron chi connectivity index (χ2n) is 5.55. The molecular weight excluding hydrogens is 314 g/mol. The zero-order valence-corrected chi connectivity index (χ0v) is 13.4. The van der Waals surface area contributed by atoms with Crippen molar-refractivity contribution in [2.45, 2.75) is 6.42 Å². The van der Waals surface area contributed by atoms with Crippen LogP contribution >= 0.6 is 11.6 Å². The Labute approximate surface area is 139 Å². The van der Waals surface area contributed by atoms with Crippen LogP contribution in [0, 0.1) is 0 Å². The van der Waals surface area contributed by atoms with Gasteiger partial charge in [-0.05, 0) is 36.4 Å². The van der Waals surface area contributed by atoms with Crippen molar-refractivity contribution < 1.29 is 9.59 Å². The van der Waals surface area contributed by atoms with Gasteiger partial charge in [-0.3, -0.25) is 9.59 Å². The first-order valence-electron chi connectivity index (χ1n) is 7.58. The highest BCUT2D eigenvalue weighted by molar-refractivity contribution is 6.30. The topological polar surface area (TPSA) is 56.4 Å². The number of amides is 2. The van der Waals surface area contributed by atoms with Crippen molar-refractivity contribution in [3.63, 3.8) is 0 Å². The fraction of sp³-hybridized carbons (Fsp3) is 0.294. The molecule has 2 heterocycles. The minimum Gasteiger partial charge on any atom is -0.365 e. The van der Waals surface area contributed by atoms with Crippen molar-refractivity contribution >= 4 is 23.4 Å². The molecule has 0 bridgehead atoms. The summed E-state index contributed by atoms with van der Waals surface area (Å²) in [7, 11) is 0. The van der Waals surface area contributed by atoms with Crippen molar-refractivity contribution in [1.82, 2.24) is 14.8 Å². The average Bonchev–Trinajstić information content (AvgIpc) is 3.08. The summed E-state index contributed by atoms with van der Waals surface area (Å²) in [5, 5.41) is 0.612. The predicted molar refractivity (Wildman–Crippen MR) is 88.4 cm³/mol. The summed E-state index contributed by atoms with van der Waals surface area (Å²) in [4.78, 5) is 31.3. The molecule has 3 rings (SSSR count). The number of nitrogens with zero attached hydrogens (tertiary/aromatic N) is 2. The first-order chi connectivity index (χ1) is 11.1. The van der Waals surface area contributed by atoms with Crippen LogP contribution in [-0.4, -0.2) is 52.8 Å². The van der Waals surface area contributed by atoms with Gasteiger partial charge < -0.3 is 14.8 Å². The standard InChI is InChI=1S/C17H18ClN3O2/c18-14-5-3-13(4-6-14)17(23)21-10-8-20(9-11-21)16(22)12-15-2-1-7-19-15/h1-7,19H,8-12H2. The molecule has 1 aliphatic heterocycles. The van der Waals surface area contributed by atoms with E-state index in [1.807, 2.05) is 23.2 Å². The van der Waals surface area contributed by atoms with E-state index >= 15 is 0 Å². The number of hydrogen-bond donors (Lipinski definition) is 1. The highest BCUT2D eigenvalue weighted by Gasteiger charge is 2.24. The number of carbonyl (C=O) groups is 2. The van der Waals surface area contributed by atoms with Crippen LogP contribution in [0.15, 0.2) is 42.6 Å². The van der Waals surface area contributed by atoms with E-state index < -0.39 is 0 Å². The van der Waals surface area contributed by atoms with Gasteiger partial charge in [0.25, 0.3) is 5.91 Å². The molecule has 23 heavy (non-hydrogen) atoms. The van der Waals surface area contributed by atoms with Gasteiger partial charge in [-0.2, -0.15) is 0 Å². The number of hydrogen-bond acceptors (Lipinski definition) is 2. The second-order valence-corrected chi connectivity index (χ2v) is 5.99. The molecule has 0 atom stereocenters. The molecule has 6 heteroatoms. The summed E-state index contributed by atoms with van der Waals surface area (Å²) < 4.78 is 0. The Kier molecular flexibility index (Phi) is 4.67. The smallest absolute Gasteiger partial charge is 0.253 e. The Balaban J connectivity index is 1.54. The van der Waals surface area contributed by atoms with Crippen molar-refractivity contribution in [2.75, 3.05) is 26.2 Å². The molecule has 1 N–H and O–H groups in total. The normalized spacial score (nSPS) is 14.8. The number of rotatable bonds is 3. The van der Waals surface area contributed by atoms with Crippen LogP contribution in [-0.2, 0) is 11.2 Å². The molecule has 1 aliphatic rings. The number of carbonyl (C=O) groups excluding carboxylic acids is 2. The number of aromatic amines is 1. The zero-order chi connectivity index (χ0) is 16.2. The monoisotopic (exact) mass is 331 g/mol. The largest absolute Gasteiger partial charge is 0.365 e. The molecule has 120 valence electrons. The molecule has 0 saturated carbocycles. The van der Waals surface area contributed by atoms with Crippen LogP contribution in [0.3, 0.4) is 0 Å². The Morgan fingerprint density at radius 1 is 1.00 bits per heavy atom. The van der Waals surface area contributed by atoms with Crippen molar-refractivity contribution in [3.8, 4) is 0 Å².